The van der Waals surface area contributed by atoms with Gasteiger partial charge >= 0.3 is 0 Å². The lowest BCUT2D eigenvalue weighted by Crippen LogP contribution is -2.22. The van der Waals surface area contributed by atoms with Crippen LogP contribution in [0.4, 0.5) is 17.6 Å². The Morgan fingerprint density at radius 2 is 1.57 bits per heavy atom. The van der Waals surface area contributed by atoms with Gasteiger partial charge in [0, 0.05) is 0 Å². The maximum absolute atomic E-state index is 13.4. The molecule has 0 aromatic heterocycles. The second kappa shape index (κ2) is 6.58. The van der Waals surface area contributed by atoms with Crippen molar-refractivity contribution in [3.05, 3.63) is 69.2 Å². The van der Waals surface area contributed by atoms with Crippen molar-refractivity contribution in [3.63, 3.8) is 0 Å². The second-order valence-corrected chi connectivity index (χ2v) is 5.32. The average molecular weight is 362 g/mol. The number of hydrogen-bond acceptors (Lipinski definition) is 1. The van der Waals surface area contributed by atoms with E-state index in [4.69, 9.17) is 0 Å². The molecule has 0 fully saturated rings. The van der Waals surface area contributed by atoms with Gasteiger partial charge in [-0.2, -0.15) is 0 Å². The van der Waals surface area contributed by atoms with Gasteiger partial charge in [-0.25, -0.2) is 17.6 Å². The molecule has 0 aliphatic rings. The van der Waals surface area contributed by atoms with Crippen LogP contribution in [0, 0.1) is 23.3 Å². The van der Waals surface area contributed by atoms with Gasteiger partial charge in [0.25, 0.3) is 0 Å². The van der Waals surface area contributed by atoms with Crippen LogP contribution in [0.15, 0.2) is 34.8 Å². The number of nitrogens with one attached hydrogen (secondary N) is 1. The van der Waals surface area contributed by atoms with Crippen molar-refractivity contribution in [2.45, 2.75) is 13.0 Å². The zero-order valence-electron chi connectivity index (χ0n) is 11.1. The maximum Gasteiger partial charge on any atom is 0.194 e. The van der Waals surface area contributed by atoms with E-state index in [1.54, 1.807) is 0 Å². The summed E-state index contributed by atoms with van der Waals surface area (Å²) in [6, 6.07) is 5.57. The Kier molecular flexibility index (Phi) is 5.00. The third kappa shape index (κ3) is 3.44. The summed E-state index contributed by atoms with van der Waals surface area (Å²) >= 11 is 3.07. The molecule has 1 nitrogen and oxygen atoms in total. The number of halogens is 5. The summed E-state index contributed by atoms with van der Waals surface area (Å²) in [6.07, 6.45) is 0. The second-order valence-electron chi connectivity index (χ2n) is 4.46. The average Bonchev–Trinajstić information content (AvgIpc) is 2.45. The molecule has 0 bridgehead atoms. The fourth-order valence-electron chi connectivity index (χ4n) is 2.07. The molecule has 2 aromatic rings. The van der Waals surface area contributed by atoms with E-state index in [2.05, 4.69) is 21.2 Å². The first-order chi connectivity index (χ1) is 9.93. The minimum Gasteiger partial charge on any atom is -0.307 e. The first-order valence-electron chi connectivity index (χ1n) is 6.26. The quantitative estimate of drug-likeness (QED) is 0.614. The zero-order valence-corrected chi connectivity index (χ0v) is 12.6. The monoisotopic (exact) mass is 361 g/mol. The van der Waals surface area contributed by atoms with Gasteiger partial charge in [-0.15, -0.1) is 0 Å². The van der Waals surface area contributed by atoms with Crippen LogP contribution in [0.1, 0.15) is 24.1 Å². The summed E-state index contributed by atoms with van der Waals surface area (Å²) in [7, 11) is 0. The Morgan fingerprint density at radius 3 is 2.10 bits per heavy atom. The molecule has 0 aliphatic heterocycles. The topological polar surface area (TPSA) is 12.0 Å². The fourth-order valence-corrected chi connectivity index (χ4v) is 2.46. The third-order valence-corrected chi connectivity index (χ3v) is 3.63. The van der Waals surface area contributed by atoms with Crippen molar-refractivity contribution in [2.75, 3.05) is 6.54 Å². The summed E-state index contributed by atoms with van der Waals surface area (Å²) in [4.78, 5) is 0. The van der Waals surface area contributed by atoms with Gasteiger partial charge in [-0.1, -0.05) is 13.0 Å². The molecule has 21 heavy (non-hydrogen) atoms. The van der Waals surface area contributed by atoms with E-state index in [-0.39, 0.29) is 10.0 Å². The molecule has 0 saturated heterocycles. The van der Waals surface area contributed by atoms with E-state index in [9.17, 15) is 17.6 Å². The van der Waals surface area contributed by atoms with Gasteiger partial charge in [-0.3, -0.25) is 0 Å². The summed E-state index contributed by atoms with van der Waals surface area (Å²) in [5.74, 6) is -4.46. The molecular weight excluding hydrogens is 350 g/mol. The molecule has 0 saturated carbocycles. The van der Waals surface area contributed by atoms with Crippen LogP contribution < -0.4 is 5.32 Å². The van der Waals surface area contributed by atoms with Gasteiger partial charge in [0.2, 0.25) is 0 Å². The highest BCUT2D eigenvalue weighted by atomic mass is 79.9. The van der Waals surface area contributed by atoms with E-state index >= 15 is 0 Å². The Labute approximate surface area is 128 Å². The first kappa shape index (κ1) is 16.0. The number of hydrogen-bond donors (Lipinski definition) is 1. The van der Waals surface area contributed by atoms with Crippen LogP contribution >= 0.6 is 15.9 Å². The SMILES string of the molecule is CCNC(c1cc(F)c(F)c(F)c1)c1ccc(F)c(Br)c1. The summed E-state index contributed by atoms with van der Waals surface area (Å²) in [5, 5.41) is 3.04. The molecule has 1 atom stereocenters. The lowest BCUT2D eigenvalue weighted by Gasteiger charge is -2.20. The van der Waals surface area contributed by atoms with E-state index in [1.807, 2.05) is 6.92 Å². The van der Waals surface area contributed by atoms with E-state index in [0.717, 1.165) is 12.1 Å². The zero-order chi connectivity index (χ0) is 15.6. The van der Waals surface area contributed by atoms with Crippen LogP contribution in [0.5, 0.6) is 0 Å². The van der Waals surface area contributed by atoms with Crippen LogP contribution in [0.3, 0.4) is 0 Å². The van der Waals surface area contributed by atoms with Crippen LogP contribution in [0.25, 0.3) is 0 Å². The van der Waals surface area contributed by atoms with E-state index in [1.165, 1.54) is 18.2 Å². The Balaban J connectivity index is 2.50. The largest absolute Gasteiger partial charge is 0.307 e. The van der Waals surface area contributed by atoms with Gasteiger partial charge in [-0.05, 0) is 57.9 Å². The summed E-state index contributed by atoms with van der Waals surface area (Å²) in [5.41, 5.74) is 0.835. The van der Waals surface area contributed by atoms with Crippen LogP contribution in [-0.2, 0) is 0 Å². The highest BCUT2D eigenvalue weighted by molar-refractivity contribution is 9.10. The van der Waals surface area contributed by atoms with Crippen molar-refractivity contribution in [1.82, 2.24) is 5.32 Å². The smallest absolute Gasteiger partial charge is 0.194 e. The highest BCUT2D eigenvalue weighted by Crippen LogP contribution is 2.28. The molecule has 6 heteroatoms. The Bertz CT molecular complexity index is 637. The van der Waals surface area contributed by atoms with Gasteiger partial charge in [0.15, 0.2) is 17.5 Å². The standard InChI is InChI=1S/C15H12BrF4N/c1-2-21-15(8-3-4-11(17)10(16)5-8)9-6-12(18)14(20)13(19)7-9/h3-7,15,21H,2H2,1H3. The molecule has 0 amide bonds. The molecule has 1 unspecified atom stereocenters. The fraction of sp³-hybridized carbons (Fsp3) is 0.200. The normalized spacial score (nSPS) is 12.5. The molecule has 0 heterocycles. The molecular formula is C15H12BrF4N. The summed E-state index contributed by atoms with van der Waals surface area (Å²) < 4.78 is 53.4. The highest BCUT2D eigenvalue weighted by Gasteiger charge is 2.19. The number of benzene rings is 2. The molecule has 0 aliphatic carbocycles. The lowest BCUT2D eigenvalue weighted by atomic mass is 9.98. The first-order valence-corrected chi connectivity index (χ1v) is 7.06. The minimum absolute atomic E-state index is 0.228. The van der Waals surface area contributed by atoms with Crippen molar-refractivity contribution in [3.8, 4) is 0 Å². The lowest BCUT2D eigenvalue weighted by molar-refractivity contribution is 0.442. The predicted molar refractivity (Wildman–Crippen MR) is 75.9 cm³/mol. The molecule has 2 rings (SSSR count). The number of rotatable bonds is 4. The Morgan fingerprint density at radius 1 is 0.952 bits per heavy atom. The van der Waals surface area contributed by atoms with Crippen LogP contribution in [0.2, 0.25) is 0 Å². The van der Waals surface area contributed by atoms with Crippen molar-refractivity contribution in [2.24, 2.45) is 0 Å². The molecule has 0 radical (unpaired) electrons. The minimum atomic E-state index is -1.51. The van der Waals surface area contributed by atoms with E-state index < -0.39 is 29.3 Å². The molecule has 0 spiro atoms. The molecule has 2 aromatic carbocycles. The van der Waals surface area contributed by atoms with E-state index in [0.29, 0.717) is 12.1 Å². The predicted octanol–water partition coefficient (Wildman–Crippen LogP) is 4.70. The van der Waals surface area contributed by atoms with Crippen molar-refractivity contribution >= 4 is 15.9 Å². The van der Waals surface area contributed by atoms with Crippen LogP contribution in [-0.4, -0.2) is 6.54 Å². The third-order valence-electron chi connectivity index (χ3n) is 3.02. The van der Waals surface area contributed by atoms with Crippen molar-refractivity contribution in [1.29, 1.82) is 0 Å². The molecule has 1 N–H and O–H groups in total. The summed E-state index contributed by atoms with van der Waals surface area (Å²) in [6.45, 7) is 2.34. The van der Waals surface area contributed by atoms with Gasteiger partial charge in [0.1, 0.15) is 5.82 Å². The molecule has 112 valence electrons. The van der Waals surface area contributed by atoms with Gasteiger partial charge < -0.3 is 5.32 Å². The Hall–Kier alpha value is -1.40. The maximum atomic E-state index is 13.4. The van der Waals surface area contributed by atoms with Gasteiger partial charge in [0.05, 0.1) is 10.5 Å². The van der Waals surface area contributed by atoms with Crippen molar-refractivity contribution < 1.29 is 17.6 Å².